The predicted octanol–water partition coefficient (Wildman–Crippen LogP) is 5.86. The fraction of sp³-hybridized carbons (Fsp3) is 0.333. The van der Waals surface area contributed by atoms with Crippen LogP contribution in [0.25, 0.3) is 0 Å². The van der Waals surface area contributed by atoms with E-state index in [4.69, 9.17) is 81.2 Å². The maximum atomic E-state index is 6.09. The summed E-state index contributed by atoms with van der Waals surface area (Å²) in [5, 5.41) is 0. The van der Waals surface area contributed by atoms with Crippen LogP contribution < -0.4 is 0 Å². The van der Waals surface area contributed by atoms with E-state index in [0.717, 1.165) is 0 Å². The molecule has 0 saturated heterocycles. The van der Waals surface area contributed by atoms with Gasteiger partial charge in [-0.25, -0.2) is 0 Å². The number of benzene rings is 1. The molecule has 0 spiro atoms. The molecule has 0 bridgehead atoms. The van der Waals surface area contributed by atoms with Crippen molar-refractivity contribution in [3.05, 3.63) is 35.9 Å². The van der Waals surface area contributed by atoms with Gasteiger partial charge in [0.1, 0.15) is 0 Å². The Hall–Kier alpha value is 1.25. The molecule has 7 heteroatoms. The van der Waals surface area contributed by atoms with E-state index < -0.39 is 12.5 Å². The molecule has 0 radical (unpaired) electrons. The van der Waals surface area contributed by atoms with Gasteiger partial charge in [-0.3, -0.25) is 0 Å². The maximum Gasteiger partial charge on any atom is 0.226 e. The van der Waals surface area contributed by atoms with Gasteiger partial charge in [0.15, 0.2) is 4.33 Å². The van der Waals surface area contributed by atoms with Gasteiger partial charge in [0.2, 0.25) is 8.13 Å². The van der Waals surface area contributed by atoms with Crippen molar-refractivity contribution in [2.75, 3.05) is 0 Å². The van der Waals surface area contributed by atoms with E-state index in [2.05, 4.69) is 0 Å². The highest BCUT2D eigenvalue weighted by Gasteiger charge is 2.60. The summed E-state index contributed by atoms with van der Waals surface area (Å²) in [5.41, 5.74) is 0.439. The Morgan fingerprint density at radius 1 is 0.688 bits per heavy atom. The molecule has 0 saturated carbocycles. The average Bonchev–Trinajstić information content (AvgIpc) is 2.17. The van der Waals surface area contributed by atoms with E-state index in [9.17, 15) is 0 Å². The molecular formula is C9H5Cl7. The first-order chi connectivity index (χ1) is 7.11. The minimum absolute atomic E-state index is 0.439. The van der Waals surface area contributed by atoms with E-state index in [1.165, 1.54) is 0 Å². The molecule has 0 amide bonds. The van der Waals surface area contributed by atoms with Crippen molar-refractivity contribution in [1.29, 1.82) is 0 Å². The van der Waals surface area contributed by atoms with Crippen LogP contribution in [0.2, 0.25) is 0 Å². The third-order valence-corrected chi connectivity index (χ3v) is 5.84. The highest BCUT2D eigenvalue weighted by atomic mass is 35.6. The third-order valence-electron chi connectivity index (χ3n) is 1.89. The number of halogens is 7. The van der Waals surface area contributed by atoms with Crippen LogP contribution >= 0.6 is 81.2 Å². The largest absolute Gasteiger partial charge is 0.226 e. The molecular weight excluding hydrogens is 356 g/mol. The summed E-state index contributed by atoms with van der Waals surface area (Å²) in [7, 11) is 0. The molecule has 1 aromatic rings. The van der Waals surface area contributed by atoms with Gasteiger partial charge in [-0.05, 0) is 5.56 Å². The Balaban J connectivity index is 3.22. The Morgan fingerprint density at radius 2 is 1.12 bits per heavy atom. The second-order valence-electron chi connectivity index (χ2n) is 3.01. The zero-order chi connectivity index (χ0) is 12.6. The van der Waals surface area contributed by atoms with Gasteiger partial charge in [0.25, 0.3) is 0 Å². The van der Waals surface area contributed by atoms with E-state index in [-0.39, 0.29) is 0 Å². The number of alkyl halides is 7. The molecule has 1 rings (SSSR count). The lowest BCUT2D eigenvalue weighted by Gasteiger charge is -2.37. The highest BCUT2D eigenvalue weighted by molar-refractivity contribution is 6.78. The van der Waals surface area contributed by atoms with Crippen molar-refractivity contribution in [2.24, 2.45) is 0 Å². The molecule has 90 valence electrons. The molecule has 16 heavy (non-hydrogen) atoms. The van der Waals surface area contributed by atoms with Crippen LogP contribution in [0.3, 0.4) is 0 Å². The van der Waals surface area contributed by atoms with Crippen LogP contribution in [0.15, 0.2) is 30.3 Å². The highest BCUT2D eigenvalue weighted by Crippen LogP contribution is 2.60. The summed E-state index contributed by atoms with van der Waals surface area (Å²) < 4.78 is -5.77. The number of hydrogen-bond acceptors (Lipinski definition) is 0. The van der Waals surface area contributed by atoms with Crippen LogP contribution in [-0.2, 0) is 4.33 Å². The molecule has 0 nitrogen and oxygen atoms in total. The fourth-order valence-electron chi connectivity index (χ4n) is 1.01. The Morgan fingerprint density at radius 3 is 1.50 bits per heavy atom. The average molecular weight is 361 g/mol. The molecule has 1 aromatic carbocycles. The summed E-state index contributed by atoms with van der Waals surface area (Å²) in [6.07, 6.45) is 0. The normalized spacial score (nSPS) is 13.9. The predicted molar refractivity (Wildman–Crippen MR) is 74.6 cm³/mol. The molecule has 0 N–H and O–H groups in total. The molecule has 0 aliphatic carbocycles. The van der Waals surface area contributed by atoms with Gasteiger partial charge in [-0.15, -0.1) is 0 Å². The fourth-order valence-corrected chi connectivity index (χ4v) is 2.48. The SMILES string of the molecule is ClC(Cl)(Cl)C(Cl)(Cl)C(Cl)(Cl)c1ccccc1. The first-order valence-corrected chi connectivity index (χ1v) is 6.63. The van der Waals surface area contributed by atoms with Crippen LogP contribution in [-0.4, -0.2) is 8.13 Å². The Labute approximate surface area is 129 Å². The summed E-state index contributed by atoms with van der Waals surface area (Å²) in [6.45, 7) is 0. The summed E-state index contributed by atoms with van der Waals surface area (Å²) in [4.78, 5) is 0. The lowest BCUT2D eigenvalue weighted by Crippen LogP contribution is -2.44. The van der Waals surface area contributed by atoms with Crippen molar-refractivity contribution in [3.63, 3.8) is 0 Å². The molecule has 0 atom stereocenters. The second-order valence-corrected chi connectivity index (χ2v) is 7.95. The van der Waals surface area contributed by atoms with Crippen molar-refractivity contribution in [2.45, 2.75) is 12.5 Å². The molecule has 0 unspecified atom stereocenters. The van der Waals surface area contributed by atoms with E-state index in [1.54, 1.807) is 30.3 Å². The van der Waals surface area contributed by atoms with Crippen LogP contribution in [0.5, 0.6) is 0 Å². The maximum absolute atomic E-state index is 6.09. The molecule has 0 heterocycles. The lowest BCUT2D eigenvalue weighted by molar-refractivity contribution is 0.699. The third kappa shape index (κ3) is 2.80. The van der Waals surface area contributed by atoms with E-state index >= 15 is 0 Å². The van der Waals surface area contributed by atoms with Crippen molar-refractivity contribution in [3.8, 4) is 0 Å². The summed E-state index contributed by atoms with van der Waals surface area (Å²) in [5.74, 6) is 0. The lowest BCUT2D eigenvalue weighted by atomic mass is 10.1. The van der Waals surface area contributed by atoms with E-state index in [0.29, 0.717) is 5.56 Å². The van der Waals surface area contributed by atoms with Gasteiger partial charge in [0.05, 0.1) is 0 Å². The van der Waals surface area contributed by atoms with Gasteiger partial charge in [-0.1, -0.05) is 112 Å². The van der Waals surface area contributed by atoms with Gasteiger partial charge in [-0.2, -0.15) is 0 Å². The molecule has 0 aliphatic rings. The van der Waals surface area contributed by atoms with Crippen LogP contribution in [0, 0.1) is 0 Å². The van der Waals surface area contributed by atoms with Crippen molar-refractivity contribution in [1.82, 2.24) is 0 Å². The zero-order valence-electron chi connectivity index (χ0n) is 7.53. The summed E-state index contributed by atoms with van der Waals surface area (Å²) >= 11 is 41.0. The minimum atomic E-state index is -2.03. The standard InChI is InChI=1S/C9H5Cl7/c10-7(11,6-4-2-1-3-5-6)8(12,13)9(14,15)16/h1-5H. The van der Waals surface area contributed by atoms with Gasteiger partial charge in [0, 0.05) is 0 Å². The first-order valence-electron chi connectivity index (χ1n) is 3.98. The molecule has 0 aromatic heterocycles. The van der Waals surface area contributed by atoms with Crippen molar-refractivity contribution < 1.29 is 0 Å². The summed E-state index contributed by atoms with van der Waals surface area (Å²) in [6, 6.07) is 8.49. The number of rotatable bonds is 2. The van der Waals surface area contributed by atoms with Crippen molar-refractivity contribution >= 4 is 81.2 Å². The van der Waals surface area contributed by atoms with Crippen LogP contribution in [0.1, 0.15) is 5.56 Å². The van der Waals surface area contributed by atoms with Gasteiger partial charge < -0.3 is 0 Å². The molecule has 0 fully saturated rings. The smallest absolute Gasteiger partial charge is 0.0930 e. The van der Waals surface area contributed by atoms with E-state index in [1.807, 2.05) is 0 Å². The Kier molecular flexibility index (Phi) is 4.87. The minimum Gasteiger partial charge on any atom is -0.0930 e. The molecule has 0 aliphatic heterocycles. The quantitative estimate of drug-likeness (QED) is 0.579. The number of hydrogen-bond donors (Lipinski definition) is 0. The first kappa shape index (κ1) is 15.3. The Bertz CT molecular complexity index is 352. The zero-order valence-corrected chi connectivity index (χ0v) is 12.8. The topological polar surface area (TPSA) is 0 Å². The van der Waals surface area contributed by atoms with Gasteiger partial charge >= 0.3 is 0 Å². The monoisotopic (exact) mass is 358 g/mol. The van der Waals surface area contributed by atoms with Crippen LogP contribution in [0.4, 0.5) is 0 Å². The second kappa shape index (κ2) is 5.09.